The Morgan fingerprint density at radius 1 is 0.741 bits per heavy atom. The van der Waals surface area contributed by atoms with Crippen LogP contribution in [0.25, 0.3) is 0 Å². The Morgan fingerprint density at radius 3 is 2.00 bits per heavy atom. The van der Waals surface area contributed by atoms with Crippen LogP contribution in [-0.2, 0) is 0 Å². The predicted octanol–water partition coefficient (Wildman–Crippen LogP) is 9.67. The van der Waals surface area contributed by atoms with Gasteiger partial charge in [0, 0.05) is 0 Å². The molecule has 5 atom stereocenters. The minimum Gasteiger partial charge on any atom is -0.0654 e. The molecule has 0 radical (unpaired) electrons. The maximum absolute atomic E-state index is 2.54. The van der Waals surface area contributed by atoms with E-state index in [9.17, 15) is 0 Å². The number of hydrogen-bond donors (Lipinski definition) is 0. The van der Waals surface area contributed by atoms with Crippen molar-refractivity contribution in [2.45, 2.75) is 138 Å². The Kier molecular flexibility index (Phi) is 13.8. The van der Waals surface area contributed by atoms with Crippen LogP contribution in [0.1, 0.15) is 138 Å². The highest BCUT2D eigenvalue weighted by molar-refractivity contribution is 4.80. The lowest BCUT2D eigenvalue weighted by molar-refractivity contribution is 0.141. The summed E-state index contributed by atoms with van der Waals surface area (Å²) in [6.45, 7) is 14.7. The van der Waals surface area contributed by atoms with Crippen LogP contribution in [-0.4, -0.2) is 0 Å². The van der Waals surface area contributed by atoms with Gasteiger partial charge in [-0.25, -0.2) is 0 Å². The van der Waals surface area contributed by atoms with Gasteiger partial charge in [0.15, 0.2) is 0 Å². The molecule has 1 aliphatic rings. The molecule has 1 saturated carbocycles. The molecule has 5 unspecified atom stereocenters. The molecule has 0 amide bonds. The maximum Gasteiger partial charge on any atom is -0.0358 e. The zero-order chi connectivity index (χ0) is 20.1. The van der Waals surface area contributed by atoms with Crippen molar-refractivity contribution in [3.63, 3.8) is 0 Å². The average Bonchev–Trinajstić information content (AvgIpc) is 2.65. The molecule has 0 N–H and O–H groups in total. The second-order valence-electron chi connectivity index (χ2n) is 10.3. The molecule has 1 aliphatic carbocycles. The molecule has 0 aromatic rings. The molecule has 0 heteroatoms. The first-order chi connectivity index (χ1) is 13.0. The van der Waals surface area contributed by atoms with Gasteiger partial charge in [-0.15, -0.1) is 0 Å². The first-order valence-corrected chi connectivity index (χ1v) is 13.0. The van der Waals surface area contributed by atoms with E-state index >= 15 is 0 Å². The third-order valence-corrected chi connectivity index (χ3v) is 8.08. The van der Waals surface area contributed by atoms with Gasteiger partial charge in [0.05, 0.1) is 0 Å². The molecule has 1 fully saturated rings. The van der Waals surface area contributed by atoms with Crippen LogP contribution >= 0.6 is 0 Å². The van der Waals surface area contributed by atoms with E-state index in [-0.39, 0.29) is 0 Å². The van der Waals surface area contributed by atoms with Crippen LogP contribution in [0.5, 0.6) is 0 Å². The highest BCUT2D eigenvalue weighted by atomic mass is 14.3. The van der Waals surface area contributed by atoms with E-state index in [4.69, 9.17) is 0 Å². The third-order valence-electron chi connectivity index (χ3n) is 8.08. The van der Waals surface area contributed by atoms with Crippen LogP contribution in [0.4, 0.5) is 0 Å². The first-order valence-electron chi connectivity index (χ1n) is 13.0. The molecular formula is C27H54. The van der Waals surface area contributed by atoms with Crippen molar-refractivity contribution in [3.8, 4) is 0 Å². The lowest BCUT2D eigenvalue weighted by Gasteiger charge is -2.36. The van der Waals surface area contributed by atoms with Crippen molar-refractivity contribution in [2.24, 2.45) is 35.5 Å². The molecule has 0 aromatic heterocycles. The molecule has 0 aromatic carbocycles. The summed E-state index contributed by atoms with van der Waals surface area (Å²) >= 11 is 0. The van der Waals surface area contributed by atoms with Crippen molar-refractivity contribution in [2.75, 3.05) is 0 Å². The zero-order valence-electron chi connectivity index (χ0n) is 20.1. The SMILES string of the molecule is CCCCCCCCC(CC)C1CCCC(C(C)C)C(C)CCCC1CC. The minimum absolute atomic E-state index is 0.866. The van der Waals surface area contributed by atoms with Gasteiger partial charge < -0.3 is 0 Å². The smallest absolute Gasteiger partial charge is 0.0358 e. The zero-order valence-corrected chi connectivity index (χ0v) is 20.1. The standard InChI is InChI=1S/C27H54/c1-7-10-11-12-13-14-18-24(8-2)27-21-16-20-26(22(4)5)23(6)17-15-19-25(27)9-3/h22-27H,7-21H2,1-6H3. The molecule has 162 valence electrons. The van der Waals surface area contributed by atoms with Gasteiger partial charge in [0.1, 0.15) is 0 Å². The summed E-state index contributed by atoms with van der Waals surface area (Å²) in [6, 6.07) is 0. The fourth-order valence-electron chi connectivity index (χ4n) is 6.27. The number of hydrogen-bond acceptors (Lipinski definition) is 0. The Bertz CT molecular complexity index is 331. The molecular weight excluding hydrogens is 324 g/mol. The van der Waals surface area contributed by atoms with Crippen LogP contribution < -0.4 is 0 Å². The van der Waals surface area contributed by atoms with E-state index in [2.05, 4.69) is 41.5 Å². The topological polar surface area (TPSA) is 0 Å². The highest BCUT2D eigenvalue weighted by Crippen LogP contribution is 2.40. The first kappa shape index (κ1) is 25.0. The Labute approximate surface area is 173 Å². The molecule has 0 saturated heterocycles. The van der Waals surface area contributed by atoms with Crippen molar-refractivity contribution in [3.05, 3.63) is 0 Å². The van der Waals surface area contributed by atoms with Crippen molar-refractivity contribution in [1.82, 2.24) is 0 Å². The van der Waals surface area contributed by atoms with Crippen LogP contribution in [0.15, 0.2) is 0 Å². The lowest BCUT2D eigenvalue weighted by Crippen LogP contribution is -2.26. The molecule has 0 aliphatic heterocycles. The monoisotopic (exact) mass is 378 g/mol. The molecule has 1 rings (SSSR count). The predicted molar refractivity (Wildman–Crippen MR) is 124 cm³/mol. The fraction of sp³-hybridized carbons (Fsp3) is 1.00. The van der Waals surface area contributed by atoms with Crippen molar-refractivity contribution in [1.29, 1.82) is 0 Å². The molecule has 0 bridgehead atoms. The van der Waals surface area contributed by atoms with Crippen LogP contribution in [0.2, 0.25) is 0 Å². The summed E-state index contributed by atoms with van der Waals surface area (Å²) in [7, 11) is 0. The molecule has 0 heterocycles. The van der Waals surface area contributed by atoms with Gasteiger partial charge >= 0.3 is 0 Å². The van der Waals surface area contributed by atoms with E-state index in [1.807, 2.05) is 0 Å². The summed E-state index contributed by atoms with van der Waals surface area (Å²) in [5, 5.41) is 0. The van der Waals surface area contributed by atoms with Crippen molar-refractivity contribution >= 4 is 0 Å². The van der Waals surface area contributed by atoms with Gasteiger partial charge in [-0.2, -0.15) is 0 Å². The normalized spacial score (nSPS) is 29.0. The summed E-state index contributed by atoms with van der Waals surface area (Å²) in [5.41, 5.74) is 0. The second kappa shape index (κ2) is 14.9. The van der Waals surface area contributed by atoms with E-state index in [0.29, 0.717) is 0 Å². The largest absolute Gasteiger partial charge is 0.0654 e. The van der Waals surface area contributed by atoms with Gasteiger partial charge in [0.25, 0.3) is 0 Å². The highest BCUT2D eigenvalue weighted by Gasteiger charge is 2.29. The van der Waals surface area contributed by atoms with E-state index in [1.54, 1.807) is 0 Å². The van der Waals surface area contributed by atoms with Gasteiger partial charge in [-0.1, -0.05) is 125 Å². The van der Waals surface area contributed by atoms with E-state index in [1.165, 1.54) is 96.3 Å². The number of rotatable bonds is 11. The fourth-order valence-corrected chi connectivity index (χ4v) is 6.27. The van der Waals surface area contributed by atoms with E-state index < -0.39 is 0 Å². The average molecular weight is 379 g/mol. The Hall–Kier alpha value is 0. The third kappa shape index (κ3) is 9.36. The Morgan fingerprint density at radius 2 is 1.37 bits per heavy atom. The summed E-state index contributed by atoms with van der Waals surface area (Å²) in [6.07, 6.45) is 22.0. The van der Waals surface area contributed by atoms with Gasteiger partial charge in [0.2, 0.25) is 0 Å². The quantitative estimate of drug-likeness (QED) is 0.314. The lowest BCUT2D eigenvalue weighted by atomic mass is 9.69. The van der Waals surface area contributed by atoms with Gasteiger partial charge in [-0.05, 0) is 48.3 Å². The summed E-state index contributed by atoms with van der Waals surface area (Å²) < 4.78 is 0. The maximum atomic E-state index is 2.54. The second-order valence-corrected chi connectivity index (χ2v) is 10.3. The molecule has 27 heavy (non-hydrogen) atoms. The summed E-state index contributed by atoms with van der Waals surface area (Å²) in [5.74, 6) is 5.77. The van der Waals surface area contributed by atoms with Gasteiger partial charge in [-0.3, -0.25) is 0 Å². The number of unbranched alkanes of at least 4 members (excludes halogenated alkanes) is 5. The van der Waals surface area contributed by atoms with E-state index in [0.717, 1.165) is 35.5 Å². The minimum atomic E-state index is 0.866. The van der Waals surface area contributed by atoms with Crippen molar-refractivity contribution < 1.29 is 0 Å². The Balaban J connectivity index is 2.62. The molecule has 0 nitrogen and oxygen atoms in total. The van der Waals surface area contributed by atoms with Crippen LogP contribution in [0.3, 0.4) is 0 Å². The molecule has 0 spiro atoms. The summed E-state index contributed by atoms with van der Waals surface area (Å²) in [4.78, 5) is 0. The van der Waals surface area contributed by atoms with Crippen LogP contribution in [0, 0.1) is 35.5 Å².